The highest BCUT2D eigenvalue weighted by molar-refractivity contribution is 7.85. The summed E-state index contributed by atoms with van der Waals surface area (Å²) >= 11 is 0. The second-order valence-corrected chi connectivity index (χ2v) is 7.00. The zero-order valence-electron chi connectivity index (χ0n) is 13.4. The lowest BCUT2D eigenvalue weighted by atomic mass is 10.0. The van der Waals surface area contributed by atoms with Gasteiger partial charge in [-0.15, -0.1) is 0 Å². The van der Waals surface area contributed by atoms with Crippen LogP contribution in [-0.2, 0) is 22.0 Å². The van der Waals surface area contributed by atoms with Crippen molar-refractivity contribution in [2.75, 3.05) is 32.1 Å². The summed E-state index contributed by atoms with van der Waals surface area (Å²) in [6, 6.07) is 8.59. The van der Waals surface area contributed by atoms with Crippen molar-refractivity contribution >= 4 is 16.7 Å². The van der Waals surface area contributed by atoms with Gasteiger partial charge in [0, 0.05) is 23.1 Å². The van der Waals surface area contributed by atoms with Crippen LogP contribution in [0, 0.1) is 0 Å². The minimum absolute atomic E-state index is 0.0887. The molecule has 1 aromatic rings. The summed E-state index contributed by atoms with van der Waals surface area (Å²) in [6.07, 6.45) is 1.02. The number of amides is 1. The van der Waals surface area contributed by atoms with Gasteiger partial charge in [0.1, 0.15) is 5.75 Å². The minimum Gasteiger partial charge on any atom is -0.353 e. The van der Waals surface area contributed by atoms with E-state index in [1.54, 1.807) is 0 Å². The molecule has 0 unspecified atom stereocenters. The molecule has 0 aliphatic rings. The van der Waals surface area contributed by atoms with E-state index in [9.17, 15) is 9.00 Å². The summed E-state index contributed by atoms with van der Waals surface area (Å²) in [6.45, 7) is 4.48. The van der Waals surface area contributed by atoms with Crippen molar-refractivity contribution in [1.29, 1.82) is 0 Å². The van der Waals surface area contributed by atoms with Gasteiger partial charge in [-0.1, -0.05) is 38.1 Å². The number of nitrogens with one attached hydrogen (secondary N) is 1. The summed E-state index contributed by atoms with van der Waals surface area (Å²) < 4.78 is 11.4. The highest BCUT2D eigenvalue weighted by atomic mass is 32.2. The monoisotopic (exact) mass is 310 g/mol. The van der Waals surface area contributed by atoms with Gasteiger partial charge < -0.3 is 10.2 Å². The first kappa shape index (κ1) is 17.9. The van der Waals surface area contributed by atoms with E-state index in [-0.39, 0.29) is 17.7 Å². The Hall–Kier alpha value is -1.20. The van der Waals surface area contributed by atoms with E-state index in [0.29, 0.717) is 12.3 Å². The van der Waals surface area contributed by atoms with Crippen LogP contribution in [0.2, 0.25) is 0 Å². The van der Waals surface area contributed by atoms with E-state index >= 15 is 0 Å². The molecule has 1 N–H and O–H groups in total. The summed E-state index contributed by atoms with van der Waals surface area (Å²) in [4.78, 5) is 13.8. The molecule has 118 valence electrons. The molecule has 0 fully saturated rings. The molecule has 0 aromatic heterocycles. The zero-order chi connectivity index (χ0) is 15.8. The van der Waals surface area contributed by atoms with Crippen molar-refractivity contribution in [2.24, 2.45) is 0 Å². The van der Waals surface area contributed by atoms with Crippen molar-refractivity contribution in [2.45, 2.75) is 26.3 Å². The van der Waals surface area contributed by atoms with Crippen LogP contribution >= 0.6 is 0 Å². The maximum absolute atomic E-state index is 11.7. The standard InChI is InChI=1S/C16H26N2O2S/c1-5-13-7-9-14(10-8-13)15(18(3)4)11-17-16(19)12-21(20)6-2/h7-10,15H,5-6,11-12H2,1-4H3,(H,17,19)/t15-,21-/m0/s1. The van der Waals surface area contributed by atoms with E-state index in [4.69, 9.17) is 0 Å². The highest BCUT2D eigenvalue weighted by Gasteiger charge is 2.15. The molecule has 0 heterocycles. The average Bonchev–Trinajstić information content (AvgIpc) is 2.47. The molecule has 0 radical (unpaired) electrons. The number of likely N-dealkylation sites (N-methyl/N-ethyl adjacent to an activating group) is 1. The fraction of sp³-hybridized carbons (Fsp3) is 0.562. The van der Waals surface area contributed by atoms with Crippen LogP contribution in [0.3, 0.4) is 0 Å². The first-order chi connectivity index (χ1) is 9.97. The van der Waals surface area contributed by atoms with Crippen LogP contribution < -0.4 is 5.32 Å². The molecular formula is C16H26N2O2S. The Kier molecular flexibility index (Phi) is 7.61. The number of carbonyl (C=O) groups excluding carboxylic acids is 1. The zero-order valence-corrected chi connectivity index (χ0v) is 14.2. The van der Waals surface area contributed by atoms with Crippen molar-refractivity contribution in [1.82, 2.24) is 10.2 Å². The van der Waals surface area contributed by atoms with Crippen LogP contribution in [0.25, 0.3) is 0 Å². The maximum Gasteiger partial charge on any atom is 0.232 e. The molecule has 2 atom stereocenters. The predicted octanol–water partition coefficient (Wildman–Crippen LogP) is 1.74. The molecule has 1 rings (SSSR count). The first-order valence-electron chi connectivity index (χ1n) is 7.34. The SMILES string of the molecule is CCc1ccc([C@H](CNC(=O)C[S@@](=O)CC)N(C)C)cc1. The summed E-state index contributed by atoms with van der Waals surface area (Å²) in [5.74, 6) is 0.459. The van der Waals surface area contributed by atoms with E-state index in [0.717, 1.165) is 6.42 Å². The van der Waals surface area contributed by atoms with Gasteiger partial charge in [0.25, 0.3) is 0 Å². The van der Waals surface area contributed by atoms with E-state index in [1.807, 2.05) is 21.0 Å². The van der Waals surface area contributed by atoms with Gasteiger partial charge in [-0.3, -0.25) is 9.00 Å². The number of aryl methyl sites for hydroxylation is 1. The molecule has 1 amide bonds. The molecule has 5 heteroatoms. The third-order valence-electron chi connectivity index (χ3n) is 3.50. The summed E-state index contributed by atoms with van der Waals surface area (Å²) in [7, 11) is 2.93. The number of carbonyl (C=O) groups is 1. The predicted molar refractivity (Wildman–Crippen MR) is 88.8 cm³/mol. The molecule has 21 heavy (non-hydrogen) atoms. The Morgan fingerprint density at radius 2 is 1.86 bits per heavy atom. The van der Waals surface area contributed by atoms with Crippen molar-refractivity contribution < 1.29 is 9.00 Å². The quantitative estimate of drug-likeness (QED) is 0.795. The topological polar surface area (TPSA) is 49.4 Å². The smallest absolute Gasteiger partial charge is 0.232 e. The fourth-order valence-electron chi connectivity index (χ4n) is 2.08. The largest absolute Gasteiger partial charge is 0.353 e. The lowest BCUT2D eigenvalue weighted by Crippen LogP contribution is -2.36. The second kappa shape index (κ2) is 8.95. The van der Waals surface area contributed by atoms with Crippen molar-refractivity contribution in [3.05, 3.63) is 35.4 Å². The molecule has 0 aliphatic heterocycles. The molecule has 0 saturated carbocycles. The minimum atomic E-state index is -1.06. The second-order valence-electron chi connectivity index (χ2n) is 5.25. The van der Waals surface area contributed by atoms with Crippen LogP contribution in [0.5, 0.6) is 0 Å². The van der Waals surface area contributed by atoms with Gasteiger partial charge in [0.2, 0.25) is 5.91 Å². The van der Waals surface area contributed by atoms with Crippen LogP contribution in [0.15, 0.2) is 24.3 Å². The molecule has 0 saturated heterocycles. The third-order valence-corrected chi connectivity index (χ3v) is 4.73. The van der Waals surface area contributed by atoms with Crippen molar-refractivity contribution in [3.8, 4) is 0 Å². The molecule has 4 nitrogen and oxygen atoms in total. The van der Waals surface area contributed by atoms with Crippen LogP contribution in [0.1, 0.15) is 31.0 Å². The Morgan fingerprint density at radius 3 is 2.33 bits per heavy atom. The Morgan fingerprint density at radius 1 is 1.24 bits per heavy atom. The molecule has 0 spiro atoms. The molecule has 0 bridgehead atoms. The van der Waals surface area contributed by atoms with Gasteiger partial charge in [-0.2, -0.15) is 0 Å². The maximum atomic E-state index is 11.7. The van der Waals surface area contributed by atoms with Crippen molar-refractivity contribution in [3.63, 3.8) is 0 Å². The molecule has 1 aromatic carbocycles. The molecular weight excluding hydrogens is 284 g/mol. The Bertz CT molecular complexity index is 472. The number of nitrogens with zero attached hydrogens (tertiary/aromatic N) is 1. The summed E-state index contributed by atoms with van der Waals surface area (Å²) in [5, 5.41) is 2.88. The summed E-state index contributed by atoms with van der Waals surface area (Å²) in [5.41, 5.74) is 2.48. The number of hydrogen-bond acceptors (Lipinski definition) is 3. The van der Waals surface area contributed by atoms with E-state index < -0.39 is 10.8 Å². The van der Waals surface area contributed by atoms with E-state index in [1.165, 1.54) is 11.1 Å². The van der Waals surface area contributed by atoms with Gasteiger partial charge in [-0.05, 0) is 31.6 Å². The Labute approximate surface area is 130 Å². The highest BCUT2D eigenvalue weighted by Crippen LogP contribution is 2.18. The van der Waals surface area contributed by atoms with Gasteiger partial charge in [0.15, 0.2) is 0 Å². The van der Waals surface area contributed by atoms with Crippen LogP contribution in [0.4, 0.5) is 0 Å². The normalized spacial score (nSPS) is 14.0. The number of hydrogen-bond donors (Lipinski definition) is 1. The number of benzene rings is 1. The van der Waals surface area contributed by atoms with Gasteiger partial charge >= 0.3 is 0 Å². The Balaban J connectivity index is 2.65. The first-order valence-corrected chi connectivity index (χ1v) is 8.83. The molecule has 0 aliphatic carbocycles. The van der Waals surface area contributed by atoms with Gasteiger partial charge in [-0.25, -0.2) is 0 Å². The van der Waals surface area contributed by atoms with Gasteiger partial charge in [0.05, 0.1) is 6.04 Å². The lowest BCUT2D eigenvalue weighted by Gasteiger charge is -2.25. The van der Waals surface area contributed by atoms with E-state index in [2.05, 4.69) is 41.4 Å². The number of rotatable bonds is 8. The third kappa shape index (κ3) is 5.98. The average molecular weight is 310 g/mol. The fourth-order valence-corrected chi connectivity index (χ4v) is 2.68. The lowest BCUT2D eigenvalue weighted by molar-refractivity contribution is -0.118. The van der Waals surface area contributed by atoms with Crippen LogP contribution in [-0.4, -0.2) is 47.2 Å².